The zero-order valence-electron chi connectivity index (χ0n) is 8.53. The zero-order chi connectivity index (χ0) is 11.7. The van der Waals surface area contributed by atoms with E-state index in [4.69, 9.17) is 5.11 Å². The van der Waals surface area contributed by atoms with Crippen LogP contribution < -0.4 is 0 Å². The van der Waals surface area contributed by atoms with Gasteiger partial charge in [0.2, 0.25) is 0 Å². The van der Waals surface area contributed by atoms with E-state index < -0.39 is 5.97 Å². The van der Waals surface area contributed by atoms with Gasteiger partial charge in [-0.25, -0.2) is 9.18 Å². The largest absolute Gasteiger partial charge is 0.477 e. The lowest BCUT2D eigenvalue weighted by atomic mass is 10.1. The molecule has 2 rings (SSSR count). The second-order valence-corrected chi connectivity index (χ2v) is 4.49. The van der Waals surface area contributed by atoms with Crippen LogP contribution in [0.15, 0.2) is 30.3 Å². The number of aromatic carboxylic acids is 1. The van der Waals surface area contributed by atoms with Crippen molar-refractivity contribution in [2.45, 2.75) is 6.92 Å². The predicted molar refractivity (Wildman–Crippen MR) is 61.4 cm³/mol. The molecule has 1 heterocycles. The van der Waals surface area contributed by atoms with E-state index in [1.807, 2.05) is 6.92 Å². The van der Waals surface area contributed by atoms with Crippen LogP contribution in [0.2, 0.25) is 0 Å². The van der Waals surface area contributed by atoms with Crippen LogP contribution in [-0.4, -0.2) is 11.1 Å². The number of hydrogen-bond acceptors (Lipinski definition) is 2. The van der Waals surface area contributed by atoms with Gasteiger partial charge in [0, 0.05) is 4.88 Å². The Morgan fingerprint density at radius 1 is 1.38 bits per heavy atom. The Kier molecular flexibility index (Phi) is 2.75. The number of benzene rings is 1. The fourth-order valence-electron chi connectivity index (χ4n) is 1.50. The van der Waals surface area contributed by atoms with Crippen LogP contribution in [0.5, 0.6) is 0 Å². The highest BCUT2D eigenvalue weighted by atomic mass is 32.1. The molecular formula is C12H9FO2S. The molecule has 1 aromatic heterocycles. The summed E-state index contributed by atoms with van der Waals surface area (Å²) < 4.78 is 13.0. The van der Waals surface area contributed by atoms with E-state index >= 15 is 0 Å². The smallest absolute Gasteiger partial charge is 0.345 e. The molecule has 16 heavy (non-hydrogen) atoms. The molecule has 0 aliphatic rings. The highest BCUT2D eigenvalue weighted by Gasteiger charge is 2.12. The predicted octanol–water partition coefficient (Wildman–Crippen LogP) is 3.56. The summed E-state index contributed by atoms with van der Waals surface area (Å²) in [4.78, 5) is 11.9. The first-order valence-electron chi connectivity index (χ1n) is 4.67. The van der Waals surface area contributed by atoms with Crippen LogP contribution in [0.1, 0.15) is 15.2 Å². The quantitative estimate of drug-likeness (QED) is 0.865. The van der Waals surface area contributed by atoms with E-state index in [-0.39, 0.29) is 10.7 Å². The van der Waals surface area contributed by atoms with Gasteiger partial charge in [0.15, 0.2) is 0 Å². The highest BCUT2D eigenvalue weighted by Crippen LogP contribution is 2.32. The summed E-state index contributed by atoms with van der Waals surface area (Å²) in [5, 5.41) is 8.86. The van der Waals surface area contributed by atoms with Crippen molar-refractivity contribution in [3.05, 3.63) is 46.6 Å². The number of carboxylic acids is 1. The molecule has 4 heteroatoms. The minimum absolute atomic E-state index is 0.275. The Labute approximate surface area is 96.0 Å². The number of rotatable bonds is 2. The molecule has 0 saturated heterocycles. The van der Waals surface area contributed by atoms with E-state index in [1.54, 1.807) is 18.2 Å². The molecule has 0 atom stereocenters. The maximum Gasteiger partial charge on any atom is 0.345 e. The van der Waals surface area contributed by atoms with Gasteiger partial charge in [-0.1, -0.05) is 12.1 Å². The second-order valence-electron chi connectivity index (χ2n) is 3.44. The lowest BCUT2D eigenvalue weighted by Gasteiger charge is -1.99. The average Bonchev–Trinajstić information content (AvgIpc) is 2.60. The molecule has 0 bridgehead atoms. The maximum atomic E-state index is 13.0. The van der Waals surface area contributed by atoms with Crippen molar-refractivity contribution in [2.24, 2.45) is 0 Å². The third kappa shape index (κ3) is 1.97. The van der Waals surface area contributed by atoms with Crippen LogP contribution in [0.25, 0.3) is 10.4 Å². The SMILES string of the molecule is Cc1cc(C(=O)O)sc1-c1cccc(F)c1. The Morgan fingerprint density at radius 2 is 2.12 bits per heavy atom. The minimum Gasteiger partial charge on any atom is -0.477 e. The Bertz CT molecular complexity index is 546. The topological polar surface area (TPSA) is 37.3 Å². The van der Waals surface area contributed by atoms with Gasteiger partial charge in [-0.15, -0.1) is 11.3 Å². The monoisotopic (exact) mass is 236 g/mol. The highest BCUT2D eigenvalue weighted by molar-refractivity contribution is 7.17. The van der Waals surface area contributed by atoms with Gasteiger partial charge in [0.1, 0.15) is 10.7 Å². The van der Waals surface area contributed by atoms with Crippen molar-refractivity contribution in [1.29, 1.82) is 0 Å². The van der Waals surface area contributed by atoms with Crippen LogP contribution in [-0.2, 0) is 0 Å². The number of halogens is 1. The first-order valence-corrected chi connectivity index (χ1v) is 5.49. The summed E-state index contributed by atoms with van der Waals surface area (Å²) >= 11 is 1.16. The first kappa shape index (κ1) is 10.8. The van der Waals surface area contributed by atoms with Crippen LogP contribution >= 0.6 is 11.3 Å². The van der Waals surface area contributed by atoms with Crippen molar-refractivity contribution < 1.29 is 14.3 Å². The molecule has 1 aromatic carbocycles. The normalized spacial score (nSPS) is 10.4. The molecule has 0 spiro atoms. The summed E-state index contributed by atoms with van der Waals surface area (Å²) in [5.74, 6) is -1.27. The fourth-order valence-corrected chi connectivity index (χ4v) is 2.51. The van der Waals surface area contributed by atoms with Gasteiger partial charge in [-0.05, 0) is 36.2 Å². The van der Waals surface area contributed by atoms with Crippen molar-refractivity contribution >= 4 is 17.3 Å². The molecule has 82 valence electrons. The number of aryl methyl sites for hydroxylation is 1. The van der Waals surface area contributed by atoms with Crippen molar-refractivity contribution in [3.8, 4) is 10.4 Å². The molecule has 0 aliphatic heterocycles. The Morgan fingerprint density at radius 3 is 2.69 bits per heavy atom. The van der Waals surface area contributed by atoms with Crippen molar-refractivity contribution in [2.75, 3.05) is 0 Å². The third-order valence-corrected chi connectivity index (χ3v) is 3.49. The van der Waals surface area contributed by atoms with Crippen molar-refractivity contribution in [3.63, 3.8) is 0 Å². The molecular weight excluding hydrogens is 227 g/mol. The summed E-state index contributed by atoms with van der Waals surface area (Å²) in [7, 11) is 0. The second kappa shape index (κ2) is 4.06. The van der Waals surface area contributed by atoms with Gasteiger partial charge < -0.3 is 5.11 Å². The Hall–Kier alpha value is -1.68. The number of carbonyl (C=O) groups is 1. The van der Waals surface area contributed by atoms with Gasteiger partial charge in [0.25, 0.3) is 0 Å². The lowest BCUT2D eigenvalue weighted by Crippen LogP contribution is -1.89. The standard InChI is InChI=1S/C12H9FO2S/c1-7-5-10(12(14)15)16-11(7)8-3-2-4-9(13)6-8/h2-6H,1H3,(H,14,15). The summed E-state index contributed by atoms with van der Waals surface area (Å²) in [5.41, 5.74) is 1.57. The number of thiophene rings is 1. The third-order valence-electron chi connectivity index (χ3n) is 2.22. The molecule has 0 fully saturated rings. The molecule has 0 radical (unpaired) electrons. The number of carboxylic acid groups (broad SMARTS) is 1. The van der Waals surface area contributed by atoms with E-state index in [9.17, 15) is 9.18 Å². The molecule has 2 nitrogen and oxygen atoms in total. The van der Waals surface area contributed by atoms with Gasteiger partial charge in [-0.2, -0.15) is 0 Å². The fraction of sp³-hybridized carbons (Fsp3) is 0.0833. The van der Waals surface area contributed by atoms with Gasteiger partial charge >= 0.3 is 5.97 Å². The molecule has 0 amide bonds. The first-order chi connectivity index (χ1) is 7.58. The minimum atomic E-state index is -0.948. The van der Waals surface area contributed by atoms with E-state index in [0.29, 0.717) is 0 Å². The van der Waals surface area contributed by atoms with E-state index in [1.165, 1.54) is 12.1 Å². The van der Waals surface area contributed by atoms with E-state index in [2.05, 4.69) is 0 Å². The van der Waals surface area contributed by atoms with Gasteiger partial charge in [0.05, 0.1) is 0 Å². The summed E-state index contributed by atoms with van der Waals surface area (Å²) in [6.45, 7) is 1.82. The molecule has 0 unspecified atom stereocenters. The summed E-state index contributed by atoms with van der Waals surface area (Å²) in [6, 6.07) is 7.76. The maximum absolute atomic E-state index is 13.0. The molecule has 0 aliphatic carbocycles. The summed E-state index contributed by atoms with van der Waals surface area (Å²) in [6.07, 6.45) is 0. The van der Waals surface area contributed by atoms with Crippen LogP contribution in [0.3, 0.4) is 0 Å². The Balaban J connectivity index is 2.52. The van der Waals surface area contributed by atoms with E-state index in [0.717, 1.165) is 27.3 Å². The molecule has 1 N–H and O–H groups in total. The van der Waals surface area contributed by atoms with Crippen LogP contribution in [0, 0.1) is 12.7 Å². The molecule has 2 aromatic rings. The average molecular weight is 236 g/mol. The van der Waals surface area contributed by atoms with Gasteiger partial charge in [-0.3, -0.25) is 0 Å². The van der Waals surface area contributed by atoms with Crippen molar-refractivity contribution in [1.82, 2.24) is 0 Å². The zero-order valence-corrected chi connectivity index (χ0v) is 9.34. The number of hydrogen-bond donors (Lipinski definition) is 1. The van der Waals surface area contributed by atoms with Crippen LogP contribution in [0.4, 0.5) is 4.39 Å². The molecule has 0 saturated carbocycles. The lowest BCUT2D eigenvalue weighted by molar-refractivity contribution is 0.0702.